The van der Waals surface area contributed by atoms with Gasteiger partial charge in [-0.15, -0.1) is 11.3 Å². The monoisotopic (exact) mass is 310 g/mol. The molecule has 0 radical (unpaired) electrons. The van der Waals surface area contributed by atoms with E-state index in [9.17, 15) is 9.90 Å². The van der Waals surface area contributed by atoms with Crippen LogP contribution in [0, 0.1) is 13.8 Å². The molecular weight excluding hydrogens is 284 g/mol. The maximum absolute atomic E-state index is 12.5. The number of carbonyl (C=O) groups is 1. The van der Waals surface area contributed by atoms with Crippen molar-refractivity contribution in [1.29, 1.82) is 0 Å². The molecule has 1 aromatic heterocycles. The van der Waals surface area contributed by atoms with Crippen LogP contribution in [-0.2, 0) is 0 Å². The van der Waals surface area contributed by atoms with Crippen molar-refractivity contribution in [2.24, 2.45) is 0 Å². The average Bonchev–Trinajstić information content (AvgIpc) is 2.95. The highest BCUT2D eigenvalue weighted by atomic mass is 32.1. The van der Waals surface area contributed by atoms with Gasteiger partial charge in [-0.3, -0.25) is 0 Å². The summed E-state index contributed by atoms with van der Waals surface area (Å²) in [5.74, 6) is 0. The van der Waals surface area contributed by atoms with E-state index in [1.54, 1.807) is 18.3 Å². The van der Waals surface area contributed by atoms with E-state index in [0.717, 1.165) is 19.4 Å². The van der Waals surface area contributed by atoms with Crippen molar-refractivity contribution in [3.05, 3.63) is 21.4 Å². The van der Waals surface area contributed by atoms with E-state index in [2.05, 4.69) is 25.2 Å². The standard InChI is InChI=1S/C16H26N2O2S/c1-10(19)8-14-6-5-7-18(14)16(20)17-12(3)15-9-11(2)21-13(15)4/h9-10,12,14,19H,5-8H2,1-4H3,(H,17,20). The number of hydrogen-bond acceptors (Lipinski definition) is 3. The van der Waals surface area contributed by atoms with Gasteiger partial charge in [0.2, 0.25) is 0 Å². The molecule has 0 aliphatic carbocycles. The minimum absolute atomic E-state index is 0.00565. The molecule has 0 aromatic carbocycles. The van der Waals surface area contributed by atoms with Crippen LogP contribution < -0.4 is 5.32 Å². The molecule has 0 saturated carbocycles. The number of carbonyl (C=O) groups excluding carboxylic acids is 1. The predicted molar refractivity (Wildman–Crippen MR) is 86.8 cm³/mol. The Hall–Kier alpha value is -1.07. The number of aliphatic hydroxyl groups is 1. The number of aryl methyl sites for hydroxylation is 2. The van der Waals surface area contributed by atoms with Gasteiger partial charge < -0.3 is 15.3 Å². The Bertz CT molecular complexity index is 498. The van der Waals surface area contributed by atoms with Crippen molar-refractivity contribution >= 4 is 17.4 Å². The zero-order valence-electron chi connectivity index (χ0n) is 13.3. The Labute approximate surface area is 131 Å². The largest absolute Gasteiger partial charge is 0.393 e. The lowest BCUT2D eigenvalue weighted by Crippen LogP contribution is -2.44. The van der Waals surface area contributed by atoms with Gasteiger partial charge in [0.25, 0.3) is 0 Å². The first-order valence-electron chi connectivity index (χ1n) is 7.70. The molecule has 4 nitrogen and oxygen atoms in total. The van der Waals surface area contributed by atoms with Gasteiger partial charge in [0.05, 0.1) is 12.1 Å². The number of likely N-dealkylation sites (tertiary alicyclic amines) is 1. The first-order chi connectivity index (χ1) is 9.88. The van der Waals surface area contributed by atoms with Gasteiger partial charge in [-0.2, -0.15) is 0 Å². The van der Waals surface area contributed by atoms with Gasteiger partial charge in [-0.25, -0.2) is 4.79 Å². The molecule has 1 fully saturated rings. The first kappa shape index (κ1) is 16.3. The quantitative estimate of drug-likeness (QED) is 0.896. The van der Waals surface area contributed by atoms with Gasteiger partial charge in [-0.05, 0) is 58.6 Å². The van der Waals surface area contributed by atoms with Crippen LogP contribution in [-0.4, -0.2) is 34.7 Å². The first-order valence-corrected chi connectivity index (χ1v) is 8.52. The van der Waals surface area contributed by atoms with Crippen molar-refractivity contribution < 1.29 is 9.90 Å². The van der Waals surface area contributed by atoms with Crippen LogP contribution in [0.15, 0.2) is 6.07 Å². The molecule has 118 valence electrons. The lowest BCUT2D eigenvalue weighted by molar-refractivity contribution is 0.137. The van der Waals surface area contributed by atoms with Crippen LogP contribution in [0.25, 0.3) is 0 Å². The fourth-order valence-electron chi connectivity index (χ4n) is 3.17. The van der Waals surface area contributed by atoms with Crippen molar-refractivity contribution in [3.8, 4) is 0 Å². The number of urea groups is 1. The van der Waals surface area contributed by atoms with Crippen LogP contribution in [0.5, 0.6) is 0 Å². The Morgan fingerprint density at radius 3 is 2.81 bits per heavy atom. The summed E-state index contributed by atoms with van der Waals surface area (Å²) < 4.78 is 0. The molecule has 0 bridgehead atoms. The number of nitrogens with one attached hydrogen (secondary N) is 1. The van der Waals surface area contributed by atoms with Crippen molar-refractivity contribution in [1.82, 2.24) is 10.2 Å². The van der Waals surface area contributed by atoms with Crippen LogP contribution in [0.1, 0.15) is 54.5 Å². The van der Waals surface area contributed by atoms with Crippen molar-refractivity contribution in [3.63, 3.8) is 0 Å². The van der Waals surface area contributed by atoms with E-state index >= 15 is 0 Å². The second kappa shape index (κ2) is 6.79. The van der Waals surface area contributed by atoms with Crippen LogP contribution >= 0.6 is 11.3 Å². The Morgan fingerprint density at radius 2 is 2.24 bits per heavy atom. The highest BCUT2D eigenvalue weighted by molar-refractivity contribution is 7.12. The van der Waals surface area contributed by atoms with E-state index < -0.39 is 0 Å². The van der Waals surface area contributed by atoms with E-state index in [1.165, 1.54) is 15.3 Å². The molecule has 1 saturated heterocycles. The van der Waals surface area contributed by atoms with E-state index in [-0.39, 0.29) is 24.2 Å². The summed E-state index contributed by atoms with van der Waals surface area (Å²) >= 11 is 1.77. The smallest absolute Gasteiger partial charge is 0.318 e. The Balaban J connectivity index is 1.98. The van der Waals surface area contributed by atoms with Gasteiger partial charge in [0.15, 0.2) is 0 Å². The van der Waals surface area contributed by atoms with Crippen LogP contribution in [0.4, 0.5) is 4.79 Å². The molecule has 2 N–H and O–H groups in total. The molecule has 21 heavy (non-hydrogen) atoms. The minimum atomic E-state index is -0.359. The third-order valence-electron chi connectivity index (χ3n) is 4.14. The minimum Gasteiger partial charge on any atom is -0.393 e. The van der Waals surface area contributed by atoms with Gasteiger partial charge in [0, 0.05) is 22.3 Å². The molecule has 2 amide bonds. The third kappa shape index (κ3) is 3.98. The summed E-state index contributed by atoms with van der Waals surface area (Å²) in [6.45, 7) is 8.80. The summed E-state index contributed by atoms with van der Waals surface area (Å²) in [5.41, 5.74) is 1.21. The zero-order chi connectivity index (χ0) is 15.6. The third-order valence-corrected chi connectivity index (χ3v) is 5.12. The van der Waals surface area contributed by atoms with Gasteiger partial charge in [0.1, 0.15) is 0 Å². The van der Waals surface area contributed by atoms with Crippen molar-refractivity contribution in [2.75, 3.05) is 6.54 Å². The predicted octanol–water partition coefficient (Wildman–Crippen LogP) is 3.37. The maximum atomic E-state index is 12.5. The summed E-state index contributed by atoms with van der Waals surface area (Å²) in [7, 11) is 0. The van der Waals surface area contributed by atoms with E-state index in [4.69, 9.17) is 0 Å². The Kier molecular flexibility index (Phi) is 5.27. The number of amides is 2. The molecular formula is C16H26N2O2S. The second-order valence-electron chi connectivity index (χ2n) is 6.11. The SMILES string of the molecule is Cc1cc(C(C)NC(=O)N2CCCC2CC(C)O)c(C)s1. The molecule has 3 unspecified atom stereocenters. The summed E-state index contributed by atoms with van der Waals surface area (Å²) in [5, 5.41) is 12.7. The summed E-state index contributed by atoms with van der Waals surface area (Å²) in [4.78, 5) is 16.9. The van der Waals surface area contributed by atoms with Crippen LogP contribution in [0.3, 0.4) is 0 Å². The van der Waals surface area contributed by atoms with Crippen LogP contribution in [0.2, 0.25) is 0 Å². The number of nitrogens with zero attached hydrogens (tertiary/aromatic N) is 1. The molecule has 2 heterocycles. The number of hydrogen-bond donors (Lipinski definition) is 2. The highest BCUT2D eigenvalue weighted by Gasteiger charge is 2.30. The molecule has 1 aromatic rings. The summed E-state index contributed by atoms with van der Waals surface area (Å²) in [6, 6.07) is 2.34. The van der Waals surface area contributed by atoms with Crippen molar-refractivity contribution in [2.45, 2.75) is 65.1 Å². The number of aliphatic hydroxyl groups excluding tert-OH is 1. The lowest BCUT2D eigenvalue weighted by Gasteiger charge is -2.27. The molecule has 1 aliphatic heterocycles. The van der Waals surface area contributed by atoms with E-state index in [1.807, 2.05) is 11.8 Å². The second-order valence-corrected chi connectivity index (χ2v) is 7.57. The number of rotatable bonds is 4. The normalized spacial score (nSPS) is 21.4. The fraction of sp³-hybridized carbons (Fsp3) is 0.688. The summed E-state index contributed by atoms with van der Waals surface area (Å²) in [6.07, 6.45) is 2.32. The fourth-order valence-corrected chi connectivity index (χ4v) is 4.19. The number of thiophene rings is 1. The lowest BCUT2D eigenvalue weighted by atomic mass is 10.1. The average molecular weight is 310 g/mol. The van der Waals surface area contributed by atoms with Gasteiger partial charge in [-0.1, -0.05) is 0 Å². The zero-order valence-corrected chi connectivity index (χ0v) is 14.2. The topological polar surface area (TPSA) is 52.6 Å². The molecule has 1 aliphatic rings. The van der Waals surface area contributed by atoms with E-state index in [0.29, 0.717) is 6.42 Å². The maximum Gasteiger partial charge on any atom is 0.318 e. The highest BCUT2D eigenvalue weighted by Crippen LogP contribution is 2.27. The molecule has 3 atom stereocenters. The molecule has 2 rings (SSSR count). The Morgan fingerprint density at radius 1 is 1.52 bits per heavy atom. The molecule has 0 spiro atoms. The molecule has 5 heteroatoms. The van der Waals surface area contributed by atoms with Gasteiger partial charge >= 0.3 is 6.03 Å².